The molecule has 0 fully saturated rings. The molecule has 2 nitrogen and oxygen atoms in total. The normalized spacial score (nSPS) is 10.5. The van der Waals surface area contributed by atoms with Crippen LogP contribution in [0.1, 0.15) is 0 Å². The van der Waals surface area contributed by atoms with Crippen molar-refractivity contribution in [1.82, 2.24) is 10.2 Å². The lowest BCUT2D eigenvalue weighted by molar-refractivity contribution is 0.525. The largest absolute Gasteiger partial charge is 0.241 e. The first kappa shape index (κ1) is 7.09. The van der Waals surface area contributed by atoms with Gasteiger partial charge in [-0.25, -0.2) is 0 Å². The minimum atomic E-state index is -0.744. The fourth-order valence-electron chi connectivity index (χ4n) is 1.04. The Bertz CT molecular complexity index is 388. The van der Waals surface area contributed by atoms with Crippen molar-refractivity contribution < 1.29 is 8.78 Å². The van der Waals surface area contributed by atoms with E-state index in [0.717, 1.165) is 0 Å². The molecule has 0 amide bonds. The highest BCUT2D eigenvalue weighted by Gasteiger charge is 2.06. The molecule has 4 heteroatoms. The second-order valence-electron chi connectivity index (χ2n) is 2.33. The fourth-order valence-corrected chi connectivity index (χ4v) is 1.04. The molecule has 0 aliphatic carbocycles. The van der Waals surface area contributed by atoms with Crippen LogP contribution in [0, 0.1) is 11.9 Å². The number of benzene rings is 1. The third kappa shape index (κ3) is 0.922. The van der Waals surface area contributed by atoms with E-state index < -0.39 is 11.9 Å². The second kappa shape index (κ2) is 2.48. The molecular formula is C8H4F2N2. The maximum atomic E-state index is 12.8. The summed E-state index contributed by atoms with van der Waals surface area (Å²) in [6.07, 6.45) is 0. The van der Waals surface area contributed by atoms with E-state index in [2.05, 4.69) is 10.2 Å². The highest BCUT2D eigenvalue weighted by atomic mass is 19.1. The molecule has 2 rings (SSSR count). The van der Waals surface area contributed by atoms with Crippen molar-refractivity contribution in [2.75, 3.05) is 0 Å². The van der Waals surface area contributed by atoms with Gasteiger partial charge < -0.3 is 0 Å². The lowest BCUT2D eigenvalue weighted by Crippen LogP contribution is -1.93. The highest BCUT2D eigenvalue weighted by molar-refractivity contribution is 5.81. The van der Waals surface area contributed by atoms with E-state index in [9.17, 15) is 8.78 Å². The van der Waals surface area contributed by atoms with Crippen molar-refractivity contribution in [1.29, 1.82) is 0 Å². The van der Waals surface area contributed by atoms with Gasteiger partial charge in [0.2, 0.25) is 11.9 Å². The molecule has 2 aromatic rings. The molecule has 1 aromatic carbocycles. The predicted octanol–water partition coefficient (Wildman–Crippen LogP) is 1.91. The van der Waals surface area contributed by atoms with E-state index in [-0.39, 0.29) is 10.8 Å². The Balaban J connectivity index is 2.95. The topological polar surface area (TPSA) is 25.8 Å². The molecule has 0 bridgehead atoms. The summed E-state index contributed by atoms with van der Waals surface area (Å²) in [6.45, 7) is 0. The van der Waals surface area contributed by atoms with Crippen LogP contribution in [0.25, 0.3) is 10.8 Å². The third-order valence-corrected chi connectivity index (χ3v) is 1.60. The number of nitrogens with zero attached hydrogens (tertiary/aromatic N) is 2. The van der Waals surface area contributed by atoms with Crippen molar-refractivity contribution in [3.63, 3.8) is 0 Å². The molecule has 0 N–H and O–H groups in total. The van der Waals surface area contributed by atoms with E-state index in [4.69, 9.17) is 0 Å². The van der Waals surface area contributed by atoms with Gasteiger partial charge in [-0.1, -0.05) is 12.1 Å². The Morgan fingerprint density at radius 1 is 0.833 bits per heavy atom. The molecule has 12 heavy (non-hydrogen) atoms. The van der Waals surface area contributed by atoms with E-state index in [1.165, 1.54) is 12.1 Å². The summed E-state index contributed by atoms with van der Waals surface area (Å²) < 4.78 is 25.7. The van der Waals surface area contributed by atoms with Crippen LogP contribution in [0.4, 0.5) is 8.78 Å². The zero-order valence-corrected chi connectivity index (χ0v) is 5.96. The summed E-state index contributed by atoms with van der Waals surface area (Å²) in [4.78, 5) is 0. The zero-order chi connectivity index (χ0) is 8.55. The van der Waals surface area contributed by atoms with E-state index >= 15 is 0 Å². The van der Waals surface area contributed by atoms with Gasteiger partial charge in [0, 0.05) is 10.8 Å². The minimum Gasteiger partial charge on any atom is -0.182 e. The summed E-state index contributed by atoms with van der Waals surface area (Å²) in [6, 6.07) is 6.16. The van der Waals surface area contributed by atoms with E-state index in [0.29, 0.717) is 0 Å². The van der Waals surface area contributed by atoms with Crippen molar-refractivity contribution in [3.8, 4) is 0 Å². The second-order valence-corrected chi connectivity index (χ2v) is 2.33. The molecule has 0 radical (unpaired) electrons. The Morgan fingerprint density at radius 2 is 1.25 bits per heavy atom. The predicted molar refractivity (Wildman–Crippen MR) is 39.5 cm³/mol. The van der Waals surface area contributed by atoms with Crippen LogP contribution >= 0.6 is 0 Å². The van der Waals surface area contributed by atoms with Crippen LogP contribution in [0.15, 0.2) is 24.3 Å². The van der Waals surface area contributed by atoms with Gasteiger partial charge in [0.1, 0.15) is 0 Å². The first-order valence-corrected chi connectivity index (χ1v) is 3.35. The first-order valence-electron chi connectivity index (χ1n) is 3.35. The molecular weight excluding hydrogens is 162 g/mol. The van der Waals surface area contributed by atoms with Gasteiger partial charge in [0.05, 0.1) is 0 Å². The van der Waals surface area contributed by atoms with Gasteiger partial charge in [0.25, 0.3) is 0 Å². The van der Waals surface area contributed by atoms with Crippen molar-refractivity contribution in [2.45, 2.75) is 0 Å². The third-order valence-electron chi connectivity index (χ3n) is 1.60. The minimum absolute atomic E-state index is 0.157. The van der Waals surface area contributed by atoms with E-state index in [1.54, 1.807) is 12.1 Å². The SMILES string of the molecule is Fc1nnc(F)c2ccccc12. The molecule has 1 aromatic heterocycles. The van der Waals surface area contributed by atoms with Crippen molar-refractivity contribution >= 4 is 10.8 Å². The number of hydrogen-bond acceptors (Lipinski definition) is 2. The van der Waals surface area contributed by atoms with Crippen molar-refractivity contribution in [3.05, 3.63) is 36.2 Å². The van der Waals surface area contributed by atoms with E-state index in [1.807, 2.05) is 0 Å². The van der Waals surface area contributed by atoms with Gasteiger partial charge in [-0.3, -0.25) is 0 Å². The summed E-state index contributed by atoms with van der Waals surface area (Å²) >= 11 is 0. The molecule has 0 aliphatic rings. The monoisotopic (exact) mass is 166 g/mol. The molecule has 60 valence electrons. The van der Waals surface area contributed by atoms with Crippen molar-refractivity contribution in [2.24, 2.45) is 0 Å². The lowest BCUT2D eigenvalue weighted by atomic mass is 10.2. The maximum absolute atomic E-state index is 12.8. The van der Waals surface area contributed by atoms with Gasteiger partial charge in [0.15, 0.2) is 0 Å². The van der Waals surface area contributed by atoms with Gasteiger partial charge in [-0.15, -0.1) is 10.2 Å². The molecule has 0 unspecified atom stereocenters. The van der Waals surface area contributed by atoms with Crippen LogP contribution < -0.4 is 0 Å². The Labute approximate surface area is 66.9 Å². The first-order chi connectivity index (χ1) is 5.79. The standard InChI is InChI=1S/C8H4F2N2/c9-7-5-3-1-2-4-6(5)8(10)12-11-7/h1-4H. The average Bonchev–Trinajstić information content (AvgIpc) is 2.12. The van der Waals surface area contributed by atoms with Crippen LogP contribution in [-0.2, 0) is 0 Å². The summed E-state index contributed by atoms with van der Waals surface area (Å²) in [5.74, 6) is -1.49. The Kier molecular flexibility index (Phi) is 1.46. The van der Waals surface area contributed by atoms with Gasteiger partial charge in [-0.05, 0) is 12.1 Å². The number of rotatable bonds is 0. The average molecular weight is 166 g/mol. The molecule has 0 saturated heterocycles. The summed E-state index contributed by atoms with van der Waals surface area (Å²) in [7, 11) is 0. The van der Waals surface area contributed by atoms with Crippen LogP contribution in [0.3, 0.4) is 0 Å². The number of aromatic nitrogens is 2. The molecule has 0 atom stereocenters. The summed E-state index contributed by atoms with van der Waals surface area (Å²) in [5.41, 5.74) is 0. The smallest absolute Gasteiger partial charge is 0.182 e. The highest BCUT2D eigenvalue weighted by Crippen LogP contribution is 2.16. The quantitative estimate of drug-likeness (QED) is 0.597. The van der Waals surface area contributed by atoms with Gasteiger partial charge in [-0.2, -0.15) is 8.78 Å². The Hall–Kier alpha value is -1.58. The molecule has 0 aliphatic heterocycles. The van der Waals surface area contributed by atoms with Gasteiger partial charge >= 0.3 is 0 Å². The maximum Gasteiger partial charge on any atom is 0.241 e. The number of hydrogen-bond donors (Lipinski definition) is 0. The fraction of sp³-hybridized carbons (Fsp3) is 0. The molecule has 0 spiro atoms. The summed E-state index contributed by atoms with van der Waals surface area (Å²) in [5, 5.41) is 6.35. The molecule has 1 heterocycles. The number of halogens is 2. The Morgan fingerprint density at radius 3 is 1.67 bits per heavy atom. The molecule has 0 saturated carbocycles. The van der Waals surface area contributed by atoms with Crippen LogP contribution in [-0.4, -0.2) is 10.2 Å². The van der Waals surface area contributed by atoms with Crippen LogP contribution in [0.5, 0.6) is 0 Å². The zero-order valence-electron chi connectivity index (χ0n) is 5.96. The lowest BCUT2D eigenvalue weighted by Gasteiger charge is -1.96. The van der Waals surface area contributed by atoms with Crippen LogP contribution in [0.2, 0.25) is 0 Å². The number of fused-ring (bicyclic) bond motifs is 1.